The summed E-state index contributed by atoms with van der Waals surface area (Å²) in [6.07, 6.45) is 0. The van der Waals surface area contributed by atoms with Crippen molar-refractivity contribution in [3.63, 3.8) is 0 Å². The highest BCUT2D eigenvalue weighted by Crippen LogP contribution is 2.27. The van der Waals surface area contributed by atoms with E-state index in [4.69, 9.17) is 17.8 Å². The van der Waals surface area contributed by atoms with Crippen molar-refractivity contribution in [2.24, 2.45) is 0 Å². The van der Waals surface area contributed by atoms with Gasteiger partial charge in [-0.1, -0.05) is 0 Å². The maximum atomic E-state index is 10.5. The van der Waals surface area contributed by atoms with Crippen LogP contribution in [0.3, 0.4) is 0 Å². The average molecular weight is 320 g/mol. The smallest absolute Gasteiger partial charge is 0.373 e. The van der Waals surface area contributed by atoms with Crippen LogP contribution in [0.25, 0.3) is 0 Å². The lowest BCUT2D eigenvalue weighted by molar-refractivity contribution is 0.0705. The minimum atomic E-state index is -4.51. The van der Waals surface area contributed by atoms with Crippen LogP contribution in [0.2, 0.25) is 0 Å². The predicted molar refractivity (Wildman–Crippen MR) is 70.3 cm³/mol. The fourth-order valence-corrected chi connectivity index (χ4v) is 5.72. The minimum Gasteiger partial charge on any atom is -0.373 e. The largest absolute Gasteiger partial charge is 0.516 e. The second-order valence-corrected chi connectivity index (χ2v) is 8.79. The Bertz CT molecular complexity index is 304. The summed E-state index contributed by atoms with van der Waals surface area (Å²) in [6, 6.07) is 0. The molecule has 1 unspecified atom stereocenters. The minimum absolute atomic E-state index is 0.378. The van der Waals surface area contributed by atoms with Gasteiger partial charge in [-0.15, -0.1) is 0 Å². The fourth-order valence-electron chi connectivity index (χ4n) is 1.25. The molecule has 18 heavy (non-hydrogen) atoms. The normalized spacial score (nSPS) is 14.7. The molecular formula is C8H20O7S2Si. The van der Waals surface area contributed by atoms with E-state index in [9.17, 15) is 8.42 Å². The highest BCUT2D eigenvalue weighted by Gasteiger charge is 2.48. The molecule has 0 saturated carbocycles. The lowest BCUT2D eigenvalue weighted by atomic mass is 10.9. The first-order chi connectivity index (χ1) is 8.31. The van der Waals surface area contributed by atoms with Crippen LogP contribution in [0.15, 0.2) is 0 Å². The molecule has 0 saturated heterocycles. The number of hydrogen-bond donors (Lipinski definition) is 1. The Morgan fingerprint density at radius 1 is 1.11 bits per heavy atom. The Morgan fingerprint density at radius 3 is 1.78 bits per heavy atom. The van der Waals surface area contributed by atoms with Crippen LogP contribution in [-0.2, 0) is 27.3 Å². The molecule has 0 heterocycles. The van der Waals surface area contributed by atoms with E-state index in [1.807, 2.05) is 0 Å². The van der Waals surface area contributed by atoms with Gasteiger partial charge in [0.1, 0.15) is 0 Å². The zero-order chi connectivity index (χ0) is 14.2. The topological polar surface area (TPSA) is 91.3 Å². The summed E-state index contributed by atoms with van der Waals surface area (Å²) in [5, 5.41) is 0. The molecule has 0 radical (unpaired) electrons. The van der Waals surface area contributed by atoms with Gasteiger partial charge in [0.25, 0.3) is 0 Å². The van der Waals surface area contributed by atoms with Gasteiger partial charge in [-0.2, -0.15) is 12.0 Å². The molecule has 0 aromatic heterocycles. The van der Waals surface area contributed by atoms with Crippen molar-refractivity contribution in [1.82, 2.24) is 0 Å². The van der Waals surface area contributed by atoms with Gasteiger partial charge in [-0.05, 0) is 27.7 Å². The molecule has 10 heteroatoms. The average Bonchev–Trinajstić information content (AvgIpc) is 2.25. The van der Waals surface area contributed by atoms with E-state index >= 15 is 0 Å². The van der Waals surface area contributed by atoms with Gasteiger partial charge in [0.05, 0.1) is 4.87 Å². The first-order valence-electron chi connectivity index (χ1n) is 5.55. The third-order valence-electron chi connectivity index (χ3n) is 1.80. The molecular weight excluding hydrogens is 300 g/mol. The highest BCUT2D eigenvalue weighted by molar-refractivity contribution is 8.04. The predicted octanol–water partition coefficient (Wildman–Crippen LogP) is 1.43. The molecule has 0 bridgehead atoms. The van der Waals surface area contributed by atoms with Gasteiger partial charge in [0.2, 0.25) is 0 Å². The van der Waals surface area contributed by atoms with Gasteiger partial charge >= 0.3 is 19.2 Å². The molecule has 110 valence electrons. The number of hydrogen-bond acceptors (Lipinski definition) is 7. The van der Waals surface area contributed by atoms with Crippen molar-refractivity contribution in [2.45, 2.75) is 32.6 Å². The van der Waals surface area contributed by atoms with E-state index in [0.29, 0.717) is 31.9 Å². The maximum Gasteiger partial charge on any atom is 0.516 e. The first-order valence-corrected chi connectivity index (χ1v) is 9.52. The molecule has 0 aliphatic heterocycles. The summed E-state index contributed by atoms with van der Waals surface area (Å²) in [5.74, 6) is 0. The molecule has 1 N–H and O–H groups in total. The molecule has 0 aromatic carbocycles. The van der Waals surface area contributed by atoms with Crippen molar-refractivity contribution in [3.05, 3.63) is 0 Å². The molecule has 0 aliphatic rings. The fraction of sp³-hybridized carbons (Fsp3) is 1.00. The van der Waals surface area contributed by atoms with Crippen LogP contribution in [0.4, 0.5) is 0 Å². The molecule has 0 spiro atoms. The SMILES string of the molecule is CCO[Si](OCC)(OCC)C(C)SOS(=O)(=O)O. The van der Waals surface area contributed by atoms with E-state index in [0.717, 1.165) is 0 Å². The quantitative estimate of drug-likeness (QED) is 0.367. The molecule has 7 nitrogen and oxygen atoms in total. The van der Waals surface area contributed by atoms with Gasteiger partial charge in [0, 0.05) is 31.9 Å². The van der Waals surface area contributed by atoms with Crippen molar-refractivity contribution < 1.29 is 29.9 Å². The third kappa shape index (κ3) is 6.47. The monoisotopic (exact) mass is 320 g/mol. The first kappa shape index (κ1) is 18.3. The summed E-state index contributed by atoms with van der Waals surface area (Å²) in [4.78, 5) is -0.487. The third-order valence-corrected chi connectivity index (χ3v) is 7.32. The van der Waals surface area contributed by atoms with Crippen LogP contribution >= 0.6 is 12.0 Å². The Morgan fingerprint density at radius 2 is 1.50 bits per heavy atom. The summed E-state index contributed by atoms with van der Waals surface area (Å²) in [5.41, 5.74) is 0. The summed E-state index contributed by atoms with van der Waals surface area (Å²) in [7, 11) is -7.54. The van der Waals surface area contributed by atoms with Crippen LogP contribution in [0.1, 0.15) is 27.7 Å². The molecule has 0 aromatic rings. The van der Waals surface area contributed by atoms with Gasteiger partial charge in [-0.3, -0.25) is 4.55 Å². The zero-order valence-electron chi connectivity index (χ0n) is 10.9. The maximum absolute atomic E-state index is 10.5. The van der Waals surface area contributed by atoms with Gasteiger partial charge in [-0.25, -0.2) is 0 Å². The van der Waals surface area contributed by atoms with E-state index in [-0.39, 0.29) is 0 Å². The van der Waals surface area contributed by atoms with E-state index in [1.54, 1.807) is 27.7 Å². The zero-order valence-corrected chi connectivity index (χ0v) is 13.5. The van der Waals surface area contributed by atoms with Crippen molar-refractivity contribution in [2.75, 3.05) is 19.8 Å². The Labute approximate surface area is 114 Å². The standard InChI is InChI=1S/C8H20O7S2Si/c1-5-12-18(13-6-2,14-7-3)8(4)16-15-17(9,10)11/h8H,5-7H2,1-4H3,(H,9,10,11). The van der Waals surface area contributed by atoms with E-state index < -0.39 is 24.1 Å². The highest BCUT2D eigenvalue weighted by atomic mass is 32.3. The molecule has 0 amide bonds. The van der Waals surface area contributed by atoms with E-state index in [2.05, 4.69) is 3.63 Å². The van der Waals surface area contributed by atoms with Crippen LogP contribution < -0.4 is 0 Å². The Balaban J connectivity index is 4.79. The van der Waals surface area contributed by atoms with Crippen molar-refractivity contribution >= 4 is 31.2 Å². The van der Waals surface area contributed by atoms with Crippen molar-refractivity contribution in [3.8, 4) is 0 Å². The van der Waals surface area contributed by atoms with Crippen LogP contribution in [0, 0.1) is 0 Å². The molecule has 1 atom stereocenters. The molecule has 0 fully saturated rings. The van der Waals surface area contributed by atoms with Crippen LogP contribution in [-0.4, -0.2) is 46.5 Å². The second-order valence-electron chi connectivity index (χ2n) is 3.14. The van der Waals surface area contributed by atoms with Crippen LogP contribution in [0.5, 0.6) is 0 Å². The molecule has 0 rings (SSSR count). The van der Waals surface area contributed by atoms with Gasteiger partial charge in [0.15, 0.2) is 0 Å². The molecule has 0 aliphatic carbocycles. The Kier molecular flexibility index (Phi) is 8.63. The lowest BCUT2D eigenvalue weighted by Gasteiger charge is -2.31. The summed E-state index contributed by atoms with van der Waals surface area (Å²) < 4.78 is 50.6. The Hall–Kier alpha value is 0.317. The van der Waals surface area contributed by atoms with Gasteiger partial charge < -0.3 is 13.3 Å². The van der Waals surface area contributed by atoms with E-state index in [1.165, 1.54) is 0 Å². The summed E-state index contributed by atoms with van der Waals surface area (Å²) >= 11 is 0.559. The van der Waals surface area contributed by atoms with Crippen molar-refractivity contribution in [1.29, 1.82) is 0 Å². The second kappa shape index (κ2) is 8.48. The lowest BCUT2D eigenvalue weighted by Crippen LogP contribution is -2.54. The number of rotatable bonds is 10. The summed E-state index contributed by atoms with van der Waals surface area (Å²) in [6.45, 7) is 8.18.